The smallest absolute Gasteiger partial charge is 0.171 e. The van der Waals surface area contributed by atoms with Gasteiger partial charge in [-0.1, -0.05) is 18.2 Å². The van der Waals surface area contributed by atoms with Gasteiger partial charge in [0.1, 0.15) is 0 Å². The van der Waals surface area contributed by atoms with E-state index in [-0.39, 0.29) is 0 Å². The van der Waals surface area contributed by atoms with Gasteiger partial charge < -0.3 is 15.4 Å². The highest BCUT2D eigenvalue weighted by atomic mass is 32.1. The van der Waals surface area contributed by atoms with E-state index in [0.717, 1.165) is 11.3 Å². The number of nitrogens with one attached hydrogen (secondary N) is 2. The van der Waals surface area contributed by atoms with Gasteiger partial charge in [0.15, 0.2) is 5.11 Å². The lowest BCUT2D eigenvalue weighted by molar-refractivity contribution is 0.185. The van der Waals surface area contributed by atoms with Crippen LogP contribution in [0.1, 0.15) is 18.4 Å². The highest BCUT2D eigenvalue weighted by molar-refractivity contribution is 7.80. The standard InChI is InChI=1S/C12H16N2OS/c1-15-8-9-4-2-3-5-11(9)14-12(16)13-10-6-7-10/h2-5,10H,6-8H2,1H3,(H2,13,14,16). The maximum atomic E-state index is 5.23. The zero-order chi connectivity index (χ0) is 11.4. The molecular weight excluding hydrogens is 220 g/mol. The number of thiocarbonyl (C=S) groups is 1. The molecule has 4 heteroatoms. The Hall–Kier alpha value is -1.13. The Labute approximate surface area is 101 Å². The molecule has 0 aliphatic heterocycles. The average molecular weight is 236 g/mol. The van der Waals surface area contributed by atoms with Crippen LogP contribution in [0.15, 0.2) is 24.3 Å². The largest absolute Gasteiger partial charge is 0.380 e. The first-order chi connectivity index (χ1) is 7.79. The van der Waals surface area contributed by atoms with E-state index in [9.17, 15) is 0 Å². The van der Waals surface area contributed by atoms with Crippen LogP contribution in [-0.2, 0) is 11.3 Å². The van der Waals surface area contributed by atoms with Crippen molar-refractivity contribution in [1.29, 1.82) is 0 Å². The fourth-order valence-corrected chi connectivity index (χ4v) is 1.77. The Morgan fingerprint density at radius 1 is 1.44 bits per heavy atom. The van der Waals surface area contributed by atoms with Gasteiger partial charge in [-0.05, 0) is 31.1 Å². The van der Waals surface area contributed by atoms with E-state index in [4.69, 9.17) is 17.0 Å². The van der Waals surface area contributed by atoms with Crippen LogP contribution in [-0.4, -0.2) is 18.3 Å². The Morgan fingerprint density at radius 3 is 2.88 bits per heavy atom. The molecule has 0 aromatic heterocycles. The molecule has 3 nitrogen and oxygen atoms in total. The summed E-state index contributed by atoms with van der Waals surface area (Å²) in [7, 11) is 1.69. The zero-order valence-electron chi connectivity index (χ0n) is 9.32. The third kappa shape index (κ3) is 3.18. The average Bonchev–Trinajstić information content (AvgIpc) is 3.05. The number of hydrogen-bond acceptors (Lipinski definition) is 2. The summed E-state index contributed by atoms with van der Waals surface area (Å²) in [6, 6.07) is 8.61. The Morgan fingerprint density at radius 2 is 2.19 bits per heavy atom. The van der Waals surface area contributed by atoms with Crippen molar-refractivity contribution >= 4 is 23.0 Å². The second-order valence-corrected chi connectivity index (χ2v) is 4.37. The summed E-state index contributed by atoms with van der Waals surface area (Å²) >= 11 is 5.23. The molecule has 0 amide bonds. The molecule has 16 heavy (non-hydrogen) atoms. The van der Waals surface area contributed by atoms with Gasteiger partial charge in [0.25, 0.3) is 0 Å². The van der Waals surface area contributed by atoms with Gasteiger partial charge in [-0.3, -0.25) is 0 Å². The quantitative estimate of drug-likeness (QED) is 0.786. The minimum Gasteiger partial charge on any atom is -0.380 e. The van der Waals surface area contributed by atoms with Crippen LogP contribution in [0.5, 0.6) is 0 Å². The molecule has 1 aromatic carbocycles. The molecule has 1 aromatic rings. The predicted octanol–water partition coefficient (Wildman–Crippen LogP) is 2.28. The van der Waals surface area contributed by atoms with Crippen molar-refractivity contribution in [3.8, 4) is 0 Å². The van der Waals surface area contributed by atoms with Gasteiger partial charge in [0, 0.05) is 24.4 Å². The summed E-state index contributed by atoms with van der Waals surface area (Å²) in [5, 5.41) is 7.16. The normalized spacial score (nSPS) is 14.6. The van der Waals surface area contributed by atoms with Gasteiger partial charge in [-0.15, -0.1) is 0 Å². The summed E-state index contributed by atoms with van der Waals surface area (Å²) in [6.07, 6.45) is 2.45. The molecule has 2 N–H and O–H groups in total. The molecule has 0 heterocycles. The zero-order valence-corrected chi connectivity index (χ0v) is 10.1. The van der Waals surface area contributed by atoms with Crippen molar-refractivity contribution in [3.05, 3.63) is 29.8 Å². The fourth-order valence-electron chi connectivity index (χ4n) is 1.50. The minimum absolute atomic E-state index is 0.578. The first kappa shape index (κ1) is 11.4. The fraction of sp³-hybridized carbons (Fsp3) is 0.417. The van der Waals surface area contributed by atoms with Crippen molar-refractivity contribution in [2.75, 3.05) is 12.4 Å². The molecule has 1 aliphatic carbocycles. The van der Waals surface area contributed by atoms with Crippen LogP contribution in [0.4, 0.5) is 5.69 Å². The number of methoxy groups -OCH3 is 1. The number of anilines is 1. The van der Waals surface area contributed by atoms with E-state index in [1.165, 1.54) is 12.8 Å². The number of benzene rings is 1. The predicted molar refractivity (Wildman–Crippen MR) is 69.5 cm³/mol. The van der Waals surface area contributed by atoms with E-state index in [1.807, 2.05) is 24.3 Å². The van der Waals surface area contributed by atoms with Crippen LogP contribution in [0.2, 0.25) is 0 Å². The van der Waals surface area contributed by atoms with Crippen LogP contribution in [0.25, 0.3) is 0 Å². The minimum atomic E-state index is 0.578. The van der Waals surface area contributed by atoms with Crippen LogP contribution < -0.4 is 10.6 Å². The first-order valence-corrected chi connectivity index (χ1v) is 5.85. The summed E-state index contributed by atoms with van der Waals surface area (Å²) in [4.78, 5) is 0. The van der Waals surface area contributed by atoms with Crippen molar-refractivity contribution < 1.29 is 4.74 Å². The molecule has 86 valence electrons. The molecule has 0 spiro atoms. The molecular formula is C12H16N2OS. The van der Waals surface area contributed by atoms with Crippen LogP contribution in [0.3, 0.4) is 0 Å². The summed E-state index contributed by atoms with van der Waals surface area (Å²) in [6.45, 7) is 0.592. The van der Waals surface area contributed by atoms with Crippen molar-refractivity contribution in [1.82, 2.24) is 5.32 Å². The maximum Gasteiger partial charge on any atom is 0.171 e. The van der Waals surface area contributed by atoms with E-state index in [2.05, 4.69) is 10.6 Å². The second-order valence-electron chi connectivity index (χ2n) is 3.96. The van der Waals surface area contributed by atoms with Crippen LogP contribution >= 0.6 is 12.2 Å². The number of rotatable bonds is 4. The number of para-hydroxylation sites is 1. The van der Waals surface area contributed by atoms with Gasteiger partial charge in [-0.25, -0.2) is 0 Å². The molecule has 1 aliphatic rings. The van der Waals surface area contributed by atoms with Gasteiger partial charge in [0.05, 0.1) is 6.61 Å². The highest BCUT2D eigenvalue weighted by Crippen LogP contribution is 2.20. The SMILES string of the molecule is COCc1ccccc1NC(=S)NC1CC1. The molecule has 0 radical (unpaired) electrons. The summed E-state index contributed by atoms with van der Waals surface area (Å²) in [5.74, 6) is 0. The summed E-state index contributed by atoms with van der Waals surface area (Å²) < 4.78 is 5.14. The van der Waals surface area contributed by atoms with Crippen molar-refractivity contribution in [2.24, 2.45) is 0 Å². The topological polar surface area (TPSA) is 33.3 Å². The third-order valence-electron chi connectivity index (χ3n) is 2.48. The van der Waals surface area contributed by atoms with Gasteiger partial charge in [0.2, 0.25) is 0 Å². The lowest BCUT2D eigenvalue weighted by Crippen LogP contribution is -2.30. The van der Waals surface area contributed by atoms with Crippen molar-refractivity contribution in [2.45, 2.75) is 25.5 Å². The van der Waals surface area contributed by atoms with Gasteiger partial charge >= 0.3 is 0 Å². The molecule has 0 atom stereocenters. The molecule has 1 fully saturated rings. The molecule has 2 rings (SSSR count). The lowest BCUT2D eigenvalue weighted by atomic mass is 10.2. The molecule has 0 saturated heterocycles. The highest BCUT2D eigenvalue weighted by Gasteiger charge is 2.21. The van der Waals surface area contributed by atoms with Gasteiger partial charge in [-0.2, -0.15) is 0 Å². The number of ether oxygens (including phenoxy) is 1. The molecule has 0 bridgehead atoms. The summed E-state index contributed by atoms with van der Waals surface area (Å²) in [5.41, 5.74) is 2.13. The second kappa shape index (κ2) is 5.27. The van der Waals surface area contributed by atoms with E-state index in [1.54, 1.807) is 7.11 Å². The Kier molecular flexibility index (Phi) is 3.74. The third-order valence-corrected chi connectivity index (χ3v) is 2.70. The van der Waals surface area contributed by atoms with E-state index >= 15 is 0 Å². The molecule has 0 unspecified atom stereocenters. The van der Waals surface area contributed by atoms with E-state index < -0.39 is 0 Å². The molecule has 1 saturated carbocycles. The van der Waals surface area contributed by atoms with E-state index in [0.29, 0.717) is 17.8 Å². The Bertz CT molecular complexity index is 377. The lowest BCUT2D eigenvalue weighted by Gasteiger charge is -2.13. The maximum absolute atomic E-state index is 5.23. The monoisotopic (exact) mass is 236 g/mol. The van der Waals surface area contributed by atoms with Crippen molar-refractivity contribution in [3.63, 3.8) is 0 Å². The van der Waals surface area contributed by atoms with Crippen LogP contribution in [0, 0.1) is 0 Å². The Balaban J connectivity index is 1.98. The first-order valence-electron chi connectivity index (χ1n) is 5.44. The number of hydrogen-bond donors (Lipinski definition) is 2.